The molecule has 2 atom stereocenters. The van der Waals surface area contributed by atoms with Crippen molar-refractivity contribution in [2.75, 3.05) is 0 Å². The molecule has 0 amide bonds. The second-order valence-electron chi connectivity index (χ2n) is 1.89. The van der Waals surface area contributed by atoms with Gasteiger partial charge in [0.2, 0.25) is 0 Å². The van der Waals surface area contributed by atoms with Crippen LogP contribution in [0.3, 0.4) is 0 Å². The van der Waals surface area contributed by atoms with Crippen LogP contribution in [0.4, 0.5) is 0 Å². The molecule has 2 nitrogen and oxygen atoms in total. The highest BCUT2D eigenvalue weighted by atomic mass is 17.2. The molecule has 1 aliphatic carbocycles. The molecule has 2 aliphatic rings. The van der Waals surface area contributed by atoms with Crippen LogP contribution < -0.4 is 0 Å². The fraction of sp³-hybridized carbons (Fsp3) is 0.600. The Morgan fingerprint density at radius 1 is 1.14 bits per heavy atom. The van der Waals surface area contributed by atoms with Gasteiger partial charge in [0, 0.05) is 6.42 Å². The molecule has 1 heterocycles. The van der Waals surface area contributed by atoms with Crippen LogP contribution in [0.15, 0.2) is 12.2 Å². The van der Waals surface area contributed by atoms with Crippen molar-refractivity contribution in [1.82, 2.24) is 0 Å². The third-order valence-corrected chi connectivity index (χ3v) is 1.31. The van der Waals surface area contributed by atoms with Crippen LogP contribution in [0.25, 0.3) is 0 Å². The summed E-state index contributed by atoms with van der Waals surface area (Å²) in [6.07, 6.45) is 5.64. The summed E-state index contributed by atoms with van der Waals surface area (Å²) in [7, 11) is 0. The lowest BCUT2D eigenvalue weighted by Gasteiger charge is -2.00. The number of hydrogen-bond donors (Lipinski definition) is 0. The van der Waals surface area contributed by atoms with E-state index in [9.17, 15) is 0 Å². The first-order valence-corrected chi connectivity index (χ1v) is 2.45. The molecule has 0 spiro atoms. The third kappa shape index (κ3) is 0.406. The monoisotopic (exact) mass is 98.0 g/mol. The average Bonchev–Trinajstić information content (AvgIpc) is 2.22. The topological polar surface area (TPSA) is 18.5 Å². The zero-order chi connectivity index (χ0) is 4.69. The third-order valence-electron chi connectivity index (χ3n) is 1.31. The fourth-order valence-electron chi connectivity index (χ4n) is 0.919. The molecule has 2 rings (SSSR count). The van der Waals surface area contributed by atoms with Crippen molar-refractivity contribution in [1.29, 1.82) is 0 Å². The van der Waals surface area contributed by atoms with Crippen molar-refractivity contribution < 1.29 is 9.78 Å². The maximum atomic E-state index is 4.77. The zero-order valence-electron chi connectivity index (χ0n) is 3.83. The zero-order valence-corrected chi connectivity index (χ0v) is 3.83. The fourth-order valence-corrected chi connectivity index (χ4v) is 0.919. The number of rotatable bonds is 0. The Morgan fingerprint density at radius 3 is 1.86 bits per heavy atom. The van der Waals surface area contributed by atoms with Gasteiger partial charge in [-0.2, -0.15) is 0 Å². The molecule has 1 fully saturated rings. The summed E-state index contributed by atoms with van der Waals surface area (Å²) in [4.78, 5) is 9.53. The average molecular weight is 98.1 g/mol. The quantitative estimate of drug-likeness (QED) is 0.327. The van der Waals surface area contributed by atoms with Crippen molar-refractivity contribution >= 4 is 0 Å². The lowest BCUT2D eigenvalue weighted by Crippen LogP contribution is -1.99. The van der Waals surface area contributed by atoms with Gasteiger partial charge in [-0.15, -0.1) is 0 Å². The van der Waals surface area contributed by atoms with Gasteiger partial charge >= 0.3 is 0 Å². The van der Waals surface area contributed by atoms with Gasteiger partial charge in [-0.3, -0.25) is 0 Å². The molecule has 2 bridgehead atoms. The smallest absolute Gasteiger partial charge is 0.114 e. The Morgan fingerprint density at radius 2 is 1.71 bits per heavy atom. The highest BCUT2D eigenvalue weighted by Crippen LogP contribution is 2.24. The molecule has 1 saturated heterocycles. The van der Waals surface area contributed by atoms with Gasteiger partial charge in [0.1, 0.15) is 12.2 Å². The Balaban J connectivity index is 2.27. The lowest BCUT2D eigenvalue weighted by molar-refractivity contribution is -0.286. The Bertz CT molecular complexity index is 96.6. The molecular weight excluding hydrogens is 92.1 g/mol. The van der Waals surface area contributed by atoms with Gasteiger partial charge in [0.25, 0.3) is 0 Å². The van der Waals surface area contributed by atoms with Crippen LogP contribution in [0.1, 0.15) is 6.42 Å². The van der Waals surface area contributed by atoms with E-state index in [4.69, 9.17) is 9.78 Å². The first-order chi connectivity index (χ1) is 3.45. The molecular formula is C5H6O2. The second-order valence-corrected chi connectivity index (χ2v) is 1.89. The van der Waals surface area contributed by atoms with Crippen molar-refractivity contribution in [2.45, 2.75) is 18.6 Å². The molecule has 0 aromatic carbocycles. The van der Waals surface area contributed by atoms with Crippen LogP contribution in [0.2, 0.25) is 0 Å². The van der Waals surface area contributed by atoms with Gasteiger partial charge < -0.3 is 0 Å². The van der Waals surface area contributed by atoms with E-state index in [0.717, 1.165) is 6.42 Å². The van der Waals surface area contributed by atoms with Crippen molar-refractivity contribution in [3.05, 3.63) is 12.2 Å². The van der Waals surface area contributed by atoms with E-state index in [1.165, 1.54) is 0 Å². The Labute approximate surface area is 41.7 Å². The van der Waals surface area contributed by atoms with Crippen LogP contribution in [-0.4, -0.2) is 12.2 Å². The second kappa shape index (κ2) is 1.08. The summed E-state index contributed by atoms with van der Waals surface area (Å²) >= 11 is 0. The SMILES string of the molecule is C1=CC2CC1OO2. The van der Waals surface area contributed by atoms with Gasteiger partial charge in [-0.05, 0) is 0 Å². The van der Waals surface area contributed by atoms with E-state index < -0.39 is 0 Å². The summed E-state index contributed by atoms with van der Waals surface area (Å²) in [5.41, 5.74) is 0. The molecule has 0 radical (unpaired) electrons. The Kier molecular flexibility index (Phi) is 0.562. The minimum absolute atomic E-state index is 0.269. The summed E-state index contributed by atoms with van der Waals surface area (Å²) in [6, 6.07) is 0. The first kappa shape index (κ1) is 3.64. The largest absolute Gasteiger partial charge is 0.228 e. The predicted molar refractivity (Wildman–Crippen MR) is 23.5 cm³/mol. The van der Waals surface area contributed by atoms with Crippen LogP contribution in [0, 0.1) is 0 Å². The molecule has 7 heavy (non-hydrogen) atoms. The van der Waals surface area contributed by atoms with E-state index in [-0.39, 0.29) is 12.2 Å². The first-order valence-electron chi connectivity index (χ1n) is 2.45. The highest BCUT2D eigenvalue weighted by Gasteiger charge is 2.28. The van der Waals surface area contributed by atoms with Crippen LogP contribution in [0.5, 0.6) is 0 Å². The van der Waals surface area contributed by atoms with Crippen molar-refractivity contribution in [3.63, 3.8) is 0 Å². The normalized spacial score (nSPS) is 45.7. The molecule has 0 N–H and O–H groups in total. The summed E-state index contributed by atoms with van der Waals surface area (Å²) in [6.45, 7) is 0. The lowest BCUT2D eigenvalue weighted by atomic mass is 10.3. The molecule has 0 saturated carbocycles. The number of fused-ring (bicyclic) bond motifs is 2. The highest BCUT2D eigenvalue weighted by molar-refractivity contribution is 5.06. The van der Waals surface area contributed by atoms with Gasteiger partial charge in [0.15, 0.2) is 0 Å². The van der Waals surface area contributed by atoms with E-state index in [1.54, 1.807) is 0 Å². The molecule has 38 valence electrons. The van der Waals surface area contributed by atoms with E-state index >= 15 is 0 Å². The van der Waals surface area contributed by atoms with Crippen molar-refractivity contribution in [3.8, 4) is 0 Å². The standard InChI is InChI=1S/C5H6O2/c1-2-5-3-4(1)6-7-5/h1-2,4-5H,3H2. The number of hydrogen-bond acceptors (Lipinski definition) is 2. The van der Waals surface area contributed by atoms with Gasteiger partial charge in [-0.25, -0.2) is 9.78 Å². The summed E-state index contributed by atoms with van der Waals surface area (Å²) in [5, 5.41) is 0. The van der Waals surface area contributed by atoms with E-state index in [2.05, 4.69) is 0 Å². The predicted octanol–water partition coefficient (Wildman–Crippen LogP) is 0.645. The molecule has 0 aromatic heterocycles. The van der Waals surface area contributed by atoms with E-state index in [1.807, 2.05) is 12.2 Å². The maximum absolute atomic E-state index is 4.77. The molecule has 1 aliphatic heterocycles. The van der Waals surface area contributed by atoms with Gasteiger partial charge in [-0.1, -0.05) is 12.2 Å². The maximum Gasteiger partial charge on any atom is 0.114 e. The molecule has 2 heteroatoms. The minimum atomic E-state index is 0.269. The Hall–Kier alpha value is -0.340. The summed E-state index contributed by atoms with van der Waals surface area (Å²) in [5.74, 6) is 0. The van der Waals surface area contributed by atoms with Crippen molar-refractivity contribution in [2.24, 2.45) is 0 Å². The molecule has 0 aromatic rings. The van der Waals surface area contributed by atoms with Crippen LogP contribution >= 0.6 is 0 Å². The minimum Gasteiger partial charge on any atom is -0.228 e. The molecule has 2 unspecified atom stereocenters. The van der Waals surface area contributed by atoms with Crippen LogP contribution in [-0.2, 0) is 9.78 Å². The summed E-state index contributed by atoms with van der Waals surface area (Å²) < 4.78 is 0. The van der Waals surface area contributed by atoms with Gasteiger partial charge in [0.05, 0.1) is 0 Å². The van der Waals surface area contributed by atoms with E-state index in [0.29, 0.717) is 0 Å².